The lowest BCUT2D eigenvalue weighted by Gasteiger charge is -2.03. The number of carbonyl (C=O) groups is 1. The Balaban J connectivity index is 2.60. The van der Waals surface area contributed by atoms with Crippen molar-refractivity contribution in [3.05, 3.63) is 34.2 Å². The highest BCUT2D eigenvalue weighted by molar-refractivity contribution is 7.96. The SMILES string of the molecule is COC(=O)C1=Cc2ccc(CN)cc2S1(=O)=O. The number of esters is 1. The van der Waals surface area contributed by atoms with Gasteiger partial charge in [-0.1, -0.05) is 12.1 Å². The van der Waals surface area contributed by atoms with E-state index in [4.69, 9.17) is 5.73 Å². The van der Waals surface area contributed by atoms with Crippen LogP contribution in [0.15, 0.2) is 28.0 Å². The Morgan fingerprint density at radius 3 is 2.71 bits per heavy atom. The molecule has 1 aliphatic heterocycles. The molecule has 1 aromatic rings. The molecule has 0 saturated heterocycles. The summed E-state index contributed by atoms with van der Waals surface area (Å²) in [5, 5.41) is 0. The molecule has 0 fully saturated rings. The van der Waals surface area contributed by atoms with E-state index in [9.17, 15) is 13.2 Å². The van der Waals surface area contributed by atoms with Crippen LogP contribution in [0.2, 0.25) is 0 Å². The second kappa shape index (κ2) is 3.97. The first kappa shape index (κ1) is 11.8. The molecule has 1 heterocycles. The molecule has 0 aliphatic carbocycles. The molecule has 0 spiro atoms. The van der Waals surface area contributed by atoms with Gasteiger partial charge in [-0.3, -0.25) is 0 Å². The van der Waals surface area contributed by atoms with Gasteiger partial charge in [-0.15, -0.1) is 0 Å². The van der Waals surface area contributed by atoms with Gasteiger partial charge in [-0.05, 0) is 23.3 Å². The molecule has 0 radical (unpaired) electrons. The molecule has 0 bridgehead atoms. The Kier molecular flexibility index (Phi) is 2.76. The molecule has 17 heavy (non-hydrogen) atoms. The third kappa shape index (κ3) is 1.75. The highest BCUT2D eigenvalue weighted by Gasteiger charge is 2.34. The van der Waals surface area contributed by atoms with Gasteiger partial charge in [0.2, 0.25) is 9.84 Å². The summed E-state index contributed by atoms with van der Waals surface area (Å²) in [7, 11) is -2.61. The number of hydrogen-bond acceptors (Lipinski definition) is 5. The number of fused-ring (bicyclic) bond motifs is 1. The predicted molar refractivity (Wildman–Crippen MR) is 61.5 cm³/mol. The number of sulfone groups is 1. The Morgan fingerprint density at radius 1 is 1.41 bits per heavy atom. The van der Waals surface area contributed by atoms with E-state index in [0.29, 0.717) is 11.1 Å². The fraction of sp³-hybridized carbons (Fsp3) is 0.182. The molecule has 5 nitrogen and oxygen atoms in total. The normalized spacial score (nSPS) is 16.2. The average Bonchev–Trinajstić information content (AvgIpc) is 2.60. The fourth-order valence-corrected chi connectivity index (χ4v) is 3.23. The zero-order chi connectivity index (χ0) is 12.6. The van der Waals surface area contributed by atoms with E-state index >= 15 is 0 Å². The molecule has 90 valence electrons. The van der Waals surface area contributed by atoms with E-state index in [1.165, 1.54) is 12.1 Å². The molecule has 0 unspecified atom stereocenters. The molecular formula is C11H11NO4S. The van der Waals surface area contributed by atoms with Crippen molar-refractivity contribution in [1.29, 1.82) is 0 Å². The minimum Gasteiger partial charge on any atom is -0.465 e. The second-order valence-corrected chi connectivity index (χ2v) is 5.47. The van der Waals surface area contributed by atoms with Crippen molar-refractivity contribution in [2.24, 2.45) is 5.73 Å². The van der Waals surface area contributed by atoms with Crippen LogP contribution >= 0.6 is 0 Å². The molecule has 1 aliphatic rings. The smallest absolute Gasteiger partial charge is 0.349 e. The molecule has 6 heteroatoms. The van der Waals surface area contributed by atoms with Gasteiger partial charge < -0.3 is 10.5 Å². The van der Waals surface area contributed by atoms with Crippen LogP contribution in [-0.2, 0) is 25.9 Å². The first-order chi connectivity index (χ1) is 8.00. The summed E-state index contributed by atoms with van der Waals surface area (Å²) in [6.07, 6.45) is 1.32. The summed E-state index contributed by atoms with van der Waals surface area (Å²) in [5.41, 5.74) is 6.64. The first-order valence-corrected chi connectivity index (χ1v) is 6.37. The third-order valence-electron chi connectivity index (χ3n) is 2.57. The summed E-state index contributed by atoms with van der Waals surface area (Å²) in [6, 6.07) is 4.84. The topological polar surface area (TPSA) is 86.5 Å². The van der Waals surface area contributed by atoms with Crippen molar-refractivity contribution in [1.82, 2.24) is 0 Å². The molecule has 0 saturated carbocycles. The van der Waals surface area contributed by atoms with Crippen LogP contribution in [0.5, 0.6) is 0 Å². The Labute approximate surface area is 98.8 Å². The lowest BCUT2D eigenvalue weighted by atomic mass is 10.1. The van der Waals surface area contributed by atoms with Crippen LogP contribution in [0.4, 0.5) is 0 Å². The van der Waals surface area contributed by atoms with Crippen LogP contribution in [0, 0.1) is 0 Å². The summed E-state index contributed by atoms with van der Waals surface area (Å²) < 4.78 is 28.5. The standard InChI is InChI=1S/C11H11NO4S/c1-16-11(13)10-5-8-3-2-7(6-12)4-9(8)17(10,14)15/h2-5H,6,12H2,1H3. The van der Waals surface area contributed by atoms with E-state index in [1.807, 2.05) is 0 Å². The zero-order valence-corrected chi connectivity index (χ0v) is 9.95. The first-order valence-electron chi connectivity index (χ1n) is 4.89. The quantitative estimate of drug-likeness (QED) is 0.773. The van der Waals surface area contributed by atoms with Crippen molar-refractivity contribution >= 4 is 21.9 Å². The average molecular weight is 253 g/mol. The monoisotopic (exact) mass is 253 g/mol. The maximum atomic E-state index is 12.0. The number of ether oxygens (including phenoxy) is 1. The van der Waals surface area contributed by atoms with Crippen molar-refractivity contribution in [2.45, 2.75) is 11.4 Å². The van der Waals surface area contributed by atoms with E-state index in [0.717, 1.165) is 7.11 Å². The number of nitrogens with two attached hydrogens (primary N) is 1. The largest absolute Gasteiger partial charge is 0.465 e. The molecule has 0 aromatic heterocycles. The van der Waals surface area contributed by atoms with Crippen molar-refractivity contribution in [3.8, 4) is 0 Å². The molecule has 0 atom stereocenters. The minimum atomic E-state index is -3.76. The molecule has 2 rings (SSSR count). The number of methoxy groups -OCH3 is 1. The maximum Gasteiger partial charge on any atom is 0.349 e. The number of hydrogen-bond donors (Lipinski definition) is 1. The maximum absolute atomic E-state index is 12.0. The summed E-state index contributed by atoms with van der Waals surface area (Å²) >= 11 is 0. The second-order valence-electron chi connectivity index (χ2n) is 3.58. The zero-order valence-electron chi connectivity index (χ0n) is 9.14. The van der Waals surface area contributed by atoms with E-state index in [1.54, 1.807) is 12.1 Å². The third-order valence-corrected chi connectivity index (χ3v) is 4.36. The fourth-order valence-electron chi connectivity index (χ4n) is 1.66. The summed E-state index contributed by atoms with van der Waals surface area (Å²) in [5.74, 6) is -0.851. The van der Waals surface area contributed by atoms with Crippen LogP contribution in [-0.4, -0.2) is 21.5 Å². The molecular weight excluding hydrogens is 242 g/mol. The molecule has 2 N–H and O–H groups in total. The van der Waals surface area contributed by atoms with Gasteiger partial charge >= 0.3 is 5.97 Å². The number of carbonyl (C=O) groups excluding carboxylic acids is 1. The highest BCUT2D eigenvalue weighted by Crippen LogP contribution is 2.33. The van der Waals surface area contributed by atoms with Crippen LogP contribution in [0.3, 0.4) is 0 Å². The van der Waals surface area contributed by atoms with Gasteiger partial charge in [-0.25, -0.2) is 13.2 Å². The number of rotatable bonds is 2. The van der Waals surface area contributed by atoms with Gasteiger partial charge in [0.25, 0.3) is 0 Å². The van der Waals surface area contributed by atoms with Gasteiger partial charge in [0.1, 0.15) is 0 Å². The molecule has 1 aromatic carbocycles. The van der Waals surface area contributed by atoms with Gasteiger partial charge in [0, 0.05) is 6.54 Å². The summed E-state index contributed by atoms with van der Waals surface area (Å²) in [6.45, 7) is 0.246. The van der Waals surface area contributed by atoms with Crippen LogP contribution in [0.25, 0.3) is 6.08 Å². The summed E-state index contributed by atoms with van der Waals surface area (Å²) in [4.78, 5) is 11.1. The van der Waals surface area contributed by atoms with Gasteiger partial charge in [0.05, 0.1) is 12.0 Å². The van der Waals surface area contributed by atoms with Gasteiger partial charge in [-0.2, -0.15) is 0 Å². The Bertz CT molecular complexity index is 616. The number of benzene rings is 1. The van der Waals surface area contributed by atoms with E-state index in [-0.39, 0.29) is 16.3 Å². The van der Waals surface area contributed by atoms with Crippen molar-refractivity contribution in [2.75, 3.05) is 7.11 Å². The minimum absolute atomic E-state index is 0.112. The van der Waals surface area contributed by atoms with Crippen LogP contribution in [0.1, 0.15) is 11.1 Å². The predicted octanol–water partition coefficient (Wildman–Crippen LogP) is 0.447. The lowest BCUT2D eigenvalue weighted by Crippen LogP contribution is -2.12. The molecule has 0 amide bonds. The van der Waals surface area contributed by atoms with E-state index < -0.39 is 15.8 Å². The Morgan fingerprint density at radius 2 is 2.12 bits per heavy atom. The van der Waals surface area contributed by atoms with Crippen molar-refractivity contribution < 1.29 is 17.9 Å². The Hall–Kier alpha value is -1.66. The van der Waals surface area contributed by atoms with E-state index in [2.05, 4.69) is 4.74 Å². The van der Waals surface area contributed by atoms with Crippen molar-refractivity contribution in [3.63, 3.8) is 0 Å². The lowest BCUT2D eigenvalue weighted by molar-refractivity contribution is -0.135. The highest BCUT2D eigenvalue weighted by atomic mass is 32.2. The van der Waals surface area contributed by atoms with Crippen LogP contribution < -0.4 is 5.73 Å². The van der Waals surface area contributed by atoms with Gasteiger partial charge in [0.15, 0.2) is 4.91 Å².